The van der Waals surface area contributed by atoms with Crippen LogP contribution in [0.5, 0.6) is 0 Å². The first kappa shape index (κ1) is 18.6. The topological polar surface area (TPSA) is 41.1 Å². The summed E-state index contributed by atoms with van der Waals surface area (Å²) in [7, 11) is 0. The molecule has 0 aliphatic rings. The lowest BCUT2D eigenvalue weighted by Gasteiger charge is -2.15. The summed E-state index contributed by atoms with van der Waals surface area (Å²) in [6.07, 6.45) is -9.37. The smallest absolute Gasteiger partial charge is 0.298 e. The summed E-state index contributed by atoms with van der Waals surface area (Å²) in [4.78, 5) is 11.8. The number of rotatable bonds is 4. The van der Waals surface area contributed by atoms with E-state index in [9.17, 15) is 31.1 Å². The molecule has 1 amide bonds. The molecule has 2 rings (SSSR count). The Morgan fingerprint density at radius 1 is 0.840 bits per heavy atom. The van der Waals surface area contributed by atoms with Crippen molar-refractivity contribution in [2.45, 2.75) is 18.8 Å². The number of para-hydroxylation sites is 1. The molecular formula is C16H12F6N2O. The predicted octanol–water partition coefficient (Wildman–Crippen LogP) is 4.41. The fourth-order valence-electron chi connectivity index (χ4n) is 2.02. The molecule has 0 fully saturated rings. The number of amides is 1. The molecule has 0 unspecified atom stereocenters. The number of anilines is 1. The first-order chi connectivity index (χ1) is 11.6. The van der Waals surface area contributed by atoms with Crippen LogP contribution in [0.4, 0.5) is 32.0 Å². The van der Waals surface area contributed by atoms with Crippen molar-refractivity contribution in [2.24, 2.45) is 0 Å². The van der Waals surface area contributed by atoms with E-state index in [1.165, 1.54) is 12.1 Å². The van der Waals surface area contributed by atoms with Gasteiger partial charge in [-0.15, -0.1) is 0 Å². The second-order valence-electron chi connectivity index (χ2n) is 5.09. The predicted molar refractivity (Wildman–Crippen MR) is 78.4 cm³/mol. The van der Waals surface area contributed by atoms with E-state index in [0.717, 1.165) is 36.4 Å². The average Bonchev–Trinajstić information content (AvgIpc) is 2.52. The average molecular weight is 362 g/mol. The standard InChI is InChI=1S/C16H12F6N2O/c17-15(18,19)11-7-5-10(6-8-11)9-14(25)24-23-13-4-2-1-3-12(13)16(20,21)22/h1-8,23H,9H2,(H,24,25). The lowest BCUT2D eigenvalue weighted by atomic mass is 10.1. The third-order valence-electron chi connectivity index (χ3n) is 3.21. The molecule has 2 N–H and O–H groups in total. The fourth-order valence-corrected chi connectivity index (χ4v) is 2.02. The number of carbonyl (C=O) groups excluding carboxylic acids is 1. The van der Waals surface area contributed by atoms with Crippen molar-refractivity contribution in [2.75, 3.05) is 5.43 Å². The minimum Gasteiger partial charge on any atom is -0.298 e. The number of alkyl halides is 6. The summed E-state index contributed by atoms with van der Waals surface area (Å²) >= 11 is 0. The van der Waals surface area contributed by atoms with Crippen molar-refractivity contribution in [3.05, 3.63) is 65.2 Å². The van der Waals surface area contributed by atoms with Gasteiger partial charge >= 0.3 is 12.4 Å². The second-order valence-corrected chi connectivity index (χ2v) is 5.09. The highest BCUT2D eigenvalue weighted by atomic mass is 19.4. The molecular weight excluding hydrogens is 350 g/mol. The van der Waals surface area contributed by atoms with Crippen LogP contribution in [0.2, 0.25) is 0 Å². The second kappa shape index (κ2) is 7.04. The number of halogens is 6. The molecule has 0 saturated heterocycles. The number of nitrogens with one attached hydrogen (secondary N) is 2. The molecule has 2 aromatic rings. The van der Waals surface area contributed by atoms with Crippen LogP contribution in [0.3, 0.4) is 0 Å². The minimum atomic E-state index is -4.60. The first-order valence-electron chi connectivity index (χ1n) is 6.94. The zero-order chi connectivity index (χ0) is 18.7. The van der Waals surface area contributed by atoms with Gasteiger partial charge in [0.1, 0.15) is 0 Å². The maximum absolute atomic E-state index is 12.8. The Morgan fingerprint density at radius 3 is 2.00 bits per heavy atom. The number of carbonyl (C=O) groups is 1. The molecule has 0 saturated carbocycles. The van der Waals surface area contributed by atoms with Gasteiger partial charge in [-0.1, -0.05) is 24.3 Å². The van der Waals surface area contributed by atoms with E-state index in [1.807, 2.05) is 0 Å². The zero-order valence-corrected chi connectivity index (χ0v) is 12.5. The van der Waals surface area contributed by atoms with Crippen molar-refractivity contribution in [3.63, 3.8) is 0 Å². The van der Waals surface area contributed by atoms with E-state index in [2.05, 4.69) is 10.9 Å². The maximum Gasteiger partial charge on any atom is 0.418 e. The molecule has 0 bridgehead atoms. The van der Waals surface area contributed by atoms with Gasteiger partial charge in [0, 0.05) is 0 Å². The number of hydrogen-bond donors (Lipinski definition) is 2. The summed E-state index contributed by atoms with van der Waals surface area (Å²) in [6, 6.07) is 8.48. The van der Waals surface area contributed by atoms with Gasteiger partial charge in [-0.3, -0.25) is 15.6 Å². The Morgan fingerprint density at radius 2 is 1.44 bits per heavy atom. The number of hydrazine groups is 1. The van der Waals surface area contributed by atoms with Crippen LogP contribution in [-0.2, 0) is 23.6 Å². The van der Waals surface area contributed by atoms with E-state index in [4.69, 9.17) is 0 Å². The Hall–Kier alpha value is -2.71. The molecule has 0 spiro atoms. The maximum atomic E-state index is 12.8. The van der Waals surface area contributed by atoms with Crippen molar-refractivity contribution >= 4 is 11.6 Å². The van der Waals surface area contributed by atoms with Crippen molar-refractivity contribution in [3.8, 4) is 0 Å². The lowest BCUT2D eigenvalue weighted by Crippen LogP contribution is -2.31. The van der Waals surface area contributed by atoms with Gasteiger partial charge in [-0.25, -0.2) is 0 Å². The van der Waals surface area contributed by atoms with Crippen molar-refractivity contribution < 1.29 is 31.1 Å². The van der Waals surface area contributed by atoms with E-state index >= 15 is 0 Å². The van der Waals surface area contributed by atoms with E-state index in [1.54, 1.807) is 0 Å². The molecule has 2 aromatic carbocycles. The van der Waals surface area contributed by atoms with Gasteiger partial charge in [0.15, 0.2) is 0 Å². The Bertz CT molecular complexity index is 738. The fraction of sp³-hybridized carbons (Fsp3) is 0.188. The highest BCUT2D eigenvalue weighted by Crippen LogP contribution is 2.34. The Labute approximate surface area is 138 Å². The van der Waals surface area contributed by atoms with Gasteiger partial charge in [0.05, 0.1) is 23.2 Å². The summed E-state index contributed by atoms with van der Waals surface area (Å²) < 4.78 is 75.8. The monoisotopic (exact) mass is 362 g/mol. The van der Waals surface area contributed by atoms with E-state index in [0.29, 0.717) is 0 Å². The summed E-state index contributed by atoms with van der Waals surface area (Å²) in [5.41, 5.74) is 2.41. The van der Waals surface area contributed by atoms with Gasteiger partial charge in [0.2, 0.25) is 5.91 Å². The third-order valence-corrected chi connectivity index (χ3v) is 3.21. The highest BCUT2D eigenvalue weighted by molar-refractivity contribution is 5.80. The van der Waals surface area contributed by atoms with Crippen LogP contribution < -0.4 is 10.9 Å². The molecule has 3 nitrogen and oxygen atoms in total. The van der Waals surface area contributed by atoms with Gasteiger partial charge < -0.3 is 0 Å². The molecule has 25 heavy (non-hydrogen) atoms. The molecule has 0 aromatic heterocycles. The highest BCUT2D eigenvalue weighted by Gasteiger charge is 2.33. The molecule has 0 atom stereocenters. The number of benzene rings is 2. The molecule has 0 radical (unpaired) electrons. The number of hydrogen-bond acceptors (Lipinski definition) is 2. The van der Waals surface area contributed by atoms with Crippen LogP contribution in [0.15, 0.2) is 48.5 Å². The zero-order valence-electron chi connectivity index (χ0n) is 12.5. The molecule has 9 heteroatoms. The summed E-state index contributed by atoms with van der Waals surface area (Å²) in [5.74, 6) is -0.697. The van der Waals surface area contributed by atoms with Crippen LogP contribution in [0.25, 0.3) is 0 Å². The quantitative estimate of drug-likeness (QED) is 0.625. The minimum absolute atomic E-state index is 0.288. The normalized spacial score (nSPS) is 11.9. The lowest BCUT2D eigenvalue weighted by molar-refractivity contribution is -0.138. The SMILES string of the molecule is O=C(Cc1ccc(C(F)(F)F)cc1)NNc1ccccc1C(F)(F)F. The van der Waals surface area contributed by atoms with E-state index in [-0.39, 0.29) is 17.7 Å². The summed E-state index contributed by atoms with van der Waals surface area (Å²) in [6.45, 7) is 0. The van der Waals surface area contributed by atoms with Crippen molar-refractivity contribution in [1.29, 1.82) is 0 Å². The summed E-state index contributed by atoms with van der Waals surface area (Å²) in [5, 5.41) is 0. The van der Waals surface area contributed by atoms with Crippen LogP contribution in [0, 0.1) is 0 Å². The van der Waals surface area contributed by atoms with Gasteiger partial charge in [0.25, 0.3) is 0 Å². The Kier molecular flexibility index (Phi) is 5.24. The van der Waals surface area contributed by atoms with Crippen LogP contribution >= 0.6 is 0 Å². The Balaban J connectivity index is 1.98. The molecule has 0 aliphatic heterocycles. The van der Waals surface area contributed by atoms with Gasteiger partial charge in [-0.05, 0) is 29.8 Å². The first-order valence-corrected chi connectivity index (χ1v) is 6.94. The molecule has 134 valence electrons. The van der Waals surface area contributed by atoms with Crippen molar-refractivity contribution in [1.82, 2.24) is 5.43 Å². The molecule has 0 heterocycles. The van der Waals surface area contributed by atoms with Gasteiger partial charge in [-0.2, -0.15) is 26.3 Å². The molecule has 0 aliphatic carbocycles. The largest absolute Gasteiger partial charge is 0.418 e. The van der Waals surface area contributed by atoms with Crippen LogP contribution in [-0.4, -0.2) is 5.91 Å². The van der Waals surface area contributed by atoms with E-state index < -0.39 is 29.4 Å². The van der Waals surface area contributed by atoms with Crippen LogP contribution in [0.1, 0.15) is 16.7 Å². The third kappa shape index (κ3) is 5.13.